The molecule has 2 aliphatic rings. The Morgan fingerprint density at radius 3 is 2.18 bits per heavy atom. The summed E-state index contributed by atoms with van der Waals surface area (Å²) in [7, 11) is 0. The Morgan fingerprint density at radius 2 is 1.64 bits per heavy atom. The second-order valence-corrected chi connectivity index (χ2v) is 13.2. The van der Waals surface area contributed by atoms with Crippen LogP contribution in [0, 0.1) is 5.41 Å². The van der Waals surface area contributed by atoms with Crippen molar-refractivity contribution in [1.29, 1.82) is 0 Å². The molecule has 3 aromatic rings. The fourth-order valence-corrected chi connectivity index (χ4v) is 5.28. The van der Waals surface area contributed by atoms with Crippen LogP contribution in [0.1, 0.15) is 83.9 Å². The van der Waals surface area contributed by atoms with Gasteiger partial charge >= 0.3 is 6.09 Å². The molecule has 2 N–H and O–H groups in total. The number of aliphatic hydroxyl groups is 2. The van der Waals surface area contributed by atoms with Crippen molar-refractivity contribution in [2.75, 3.05) is 13.1 Å². The number of ether oxygens (including phenoxy) is 1. The number of benzene rings is 1. The Bertz CT molecular complexity index is 1380. The Balaban J connectivity index is 1.53. The summed E-state index contributed by atoms with van der Waals surface area (Å²) in [6.07, 6.45) is 5.14. The second-order valence-electron chi connectivity index (χ2n) is 13.2. The van der Waals surface area contributed by atoms with Gasteiger partial charge in [-0.25, -0.2) is 4.79 Å². The molecule has 1 saturated carbocycles. The van der Waals surface area contributed by atoms with Crippen LogP contribution in [0.5, 0.6) is 0 Å². The summed E-state index contributed by atoms with van der Waals surface area (Å²) >= 11 is 0. The summed E-state index contributed by atoms with van der Waals surface area (Å²) in [5, 5.41) is 26.9. The first-order valence-corrected chi connectivity index (χ1v) is 13.4. The van der Waals surface area contributed by atoms with Crippen LogP contribution >= 0.6 is 0 Å². The predicted molar refractivity (Wildman–Crippen MR) is 145 cm³/mol. The number of likely N-dealkylation sites (tertiary alicyclic amines) is 1. The average molecular weight is 535 g/mol. The van der Waals surface area contributed by atoms with Crippen molar-refractivity contribution in [3.8, 4) is 11.4 Å². The van der Waals surface area contributed by atoms with Gasteiger partial charge in [0.05, 0.1) is 0 Å². The molecule has 1 amide bonds. The minimum atomic E-state index is -1.49. The zero-order chi connectivity index (χ0) is 28.4. The van der Waals surface area contributed by atoms with Crippen molar-refractivity contribution >= 4 is 6.09 Å². The number of carbonyl (C=O) groups excluding carboxylic acids is 1. The van der Waals surface area contributed by atoms with Gasteiger partial charge in [-0.2, -0.15) is 4.98 Å². The van der Waals surface area contributed by atoms with Crippen molar-refractivity contribution in [1.82, 2.24) is 20.0 Å². The molecule has 5 rings (SSSR count). The van der Waals surface area contributed by atoms with E-state index in [1.54, 1.807) is 37.2 Å². The van der Waals surface area contributed by atoms with Crippen LogP contribution in [0.15, 0.2) is 47.2 Å². The molecule has 0 bridgehead atoms. The minimum Gasteiger partial charge on any atom is -0.444 e. The highest BCUT2D eigenvalue weighted by Gasteiger charge is 2.58. The maximum Gasteiger partial charge on any atom is 0.410 e. The summed E-state index contributed by atoms with van der Waals surface area (Å²) in [5.74, 6) is 0.344. The molecule has 1 aliphatic heterocycles. The maximum absolute atomic E-state index is 12.8. The second kappa shape index (κ2) is 8.86. The molecule has 1 saturated heterocycles. The van der Waals surface area contributed by atoms with Crippen molar-refractivity contribution in [3.05, 3.63) is 65.3 Å². The maximum atomic E-state index is 12.8. The highest BCUT2D eigenvalue weighted by Crippen LogP contribution is 2.52. The smallest absolute Gasteiger partial charge is 0.410 e. The summed E-state index contributed by atoms with van der Waals surface area (Å²) in [5.41, 5.74) is -0.869. The molecule has 2 fully saturated rings. The largest absolute Gasteiger partial charge is 0.444 e. The highest BCUT2D eigenvalue weighted by atomic mass is 16.6. The number of pyridine rings is 1. The molecule has 9 nitrogen and oxygen atoms in total. The molecule has 9 heteroatoms. The Hall–Kier alpha value is -3.30. The number of aromatic nitrogens is 3. The standard InChI is InChI=1S/C30H38N4O5/c1-26(2,3)38-25(35)34-17-29(7,18-34)30(37,21-10-8-20(9-11-21)28(6)12-13-28)22-14-19(15-31-16-22)23-32-24(39-33-23)27(4,5)36/h8-11,14-16,36-37H,12-13,17-18H2,1-7H3. The number of hydrogen-bond donors (Lipinski definition) is 2. The van der Waals surface area contributed by atoms with Gasteiger partial charge in [0.25, 0.3) is 5.89 Å². The van der Waals surface area contributed by atoms with Crippen LogP contribution in [0.25, 0.3) is 11.4 Å². The lowest BCUT2D eigenvalue weighted by Crippen LogP contribution is -2.66. The number of hydrogen-bond acceptors (Lipinski definition) is 8. The van der Waals surface area contributed by atoms with E-state index in [1.807, 2.05) is 39.8 Å². The van der Waals surface area contributed by atoms with Crippen molar-refractivity contribution in [2.45, 2.75) is 83.5 Å². The van der Waals surface area contributed by atoms with E-state index in [-0.39, 0.29) is 17.1 Å². The molecule has 39 heavy (non-hydrogen) atoms. The van der Waals surface area contributed by atoms with Crippen LogP contribution < -0.4 is 0 Å². The fraction of sp³-hybridized carbons (Fsp3) is 0.533. The van der Waals surface area contributed by atoms with E-state index in [1.165, 1.54) is 5.56 Å². The molecule has 1 aliphatic carbocycles. The molecule has 1 aromatic carbocycles. The highest BCUT2D eigenvalue weighted by molar-refractivity contribution is 5.70. The van der Waals surface area contributed by atoms with Gasteiger partial charge in [-0.15, -0.1) is 0 Å². The fourth-order valence-electron chi connectivity index (χ4n) is 5.28. The molecule has 1 unspecified atom stereocenters. The lowest BCUT2D eigenvalue weighted by Gasteiger charge is -2.56. The summed E-state index contributed by atoms with van der Waals surface area (Å²) < 4.78 is 10.8. The van der Waals surface area contributed by atoms with Gasteiger partial charge in [0.2, 0.25) is 5.82 Å². The van der Waals surface area contributed by atoms with Crippen LogP contribution in [0.2, 0.25) is 0 Å². The van der Waals surface area contributed by atoms with Gasteiger partial charge in [-0.3, -0.25) is 4.98 Å². The lowest BCUT2D eigenvalue weighted by atomic mass is 9.62. The van der Waals surface area contributed by atoms with Gasteiger partial charge in [-0.05, 0) is 70.1 Å². The van der Waals surface area contributed by atoms with E-state index in [4.69, 9.17) is 9.26 Å². The lowest BCUT2D eigenvalue weighted by molar-refractivity contribution is -0.131. The first-order chi connectivity index (χ1) is 18.0. The summed E-state index contributed by atoms with van der Waals surface area (Å²) in [6.45, 7) is 13.5. The van der Waals surface area contributed by atoms with Crippen molar-refractivity contribution in [2.24, 2.45) is 5.41 Å². The molecule has 3 heterocycles. The first kappa shape index (κ1) is 27.3. The van der Waals surface area contributed by atoms with E-state index in [0.717, 1.165) is 12.8 Å². The molecule has 2 aromatic heterocycles. The van der Waals surface area contributed by atoms with E-state index in [9.17, 15) is 15.0 Å². The number of amides is 1. The third-order valence-corrected chi connectivity index (χ3v) is 7.97. The zero-order valence-corrected chi connectivity index (χ0v) is 23.8. The molecule has 1 atom stereocenters. The number of rotatable bonds is 6. The molecule has 0 spiro atoms. The zero-order valence-electron chi connectivity index (χ0n) is 23.8. The molecular weight excluding hydrogens is 496 g/mol. The van der Waals surface area contributed by atoms with Crippen molar-refractivity contribution in [3.63, 3.8) is 0 Å². The SMILES string of the molecule is CC(C)(C)OC(=O)N1CC(C)(C(O)(c2ccc(C3(C)CC3)cc2)c2cncc(-c3noc(C(C)(C)O)n3)c2)C1. The molecule has 0 radical (unpaired) electrons. The Labute approximate surface area is 229 Å². The van der Waals surface area contributed by atoms with Gasteiger partial charge < -0.3 is 24.4 Å². The Morgan fingerprint density at radius 1 is 1.00 bits per heavy atom. The van der Waals surface area contributed by atoms with Crippen LogP contribution in [-0.4, -0.2) is 55.0 Å². The quantitative estimate of drug-likeness (QED) is 0.458. The summed E-state index contributed by atoms with van der Waals surface area (Å²) in [4.78, 5) is 23.1. The topological polar surface area (TPSA) is 122 Å². The third-order valence-electron chi connectivity index (χ3n) is 7.97. The van der Waals surface area contributed by atoms with Crippen LogP contribution in [0.4, 0.5) is 4.79 Å². The van der Waals surface area contributed by atoms with E-state index in [0.29, 0.717) is 29.8 Å². The number of nitrogens with zero attached hydrogens (tertiary/aromatic N) is 4. The third kappa shape index (κ3) is 4.94. The average Bonchev–Trinajstić information content (AvgIpc) is 3.37. The molecular formula is C30H38N4O5. The Kier molecular flexibility index (Phi) is 6.19. The number of carbonyl (C=O) groups is 1. The molecule has 208 valence electrons. The van der Waals surface area contributed by atoms with E-state index < -0.39 is 28.3 Å². The van der Waals surface area contributed by atoms with Gasteiger partial charge in [0.15, 0.2) is 0 Å². The van der Waals surface area contributed by atoms with Crippen molar-refractivity contribution < 1.29 is 24.3 Å². The van der Waals surface area contributed by atoms with Gasteiger partial charge in [-0.1, -0.05) is 43.3 Å². The first-order valence-electron chi connectivity index (χ1n) is 13.4. The van der Waals surface area contributed by atoms with Gasteiger partial charge in [0, 0.05) is 42.0 Å². The monoisotopic (exact) mass is 534 g/mol. The van der Waals surface area contributed by atoms with Crippen LogP contribution in [-0.2, 0) is 21.4 Å². The van der Waals surface area contributed by atoms with Crippen LogP contribution in [0.3, 0.4) is 0 Å². The predicted octanol–water partition coefficient (Wildman–Crippen LogP) is 4.90. The van der Waals surface area contributed by atoms with Gasteiger partial charge in [0.1, 0.15) is 16.8 Å². The normalized spacial score (nSPS) is 19.7. The van der Waals surface area contributed by atoms with E-state index in [2.05, 4.69) is 34.2 Å². The van der Waals surface area contributed by atoms with E-state index >= 15 is 0 Å². The minimum absolute atomic E-state index is 0.0845. The summed E-state index contributed by atoms with van der Waals surface area (Å²) in [6, 6.07) is 9.94.